The minimum atomic E-state index is 0.0137. The monoisotopic (exact) mass is 406 g/mol. The van der Waals surface area contributed by atoms with Gasteiger partial charge in [0.15, 0.2) is 0 Å². The Morgan fingerprint density at radius 3 is 2.59 bits per heavy atom. The number of hydrogen-bond acceptors (Lipinski definition) is 3. The van der Waals surface area contributed by atoms with Crippen molar-refractivity contribution >= 4 is 29.1 Å². The summed E-state index contributed by atoms with van der Waals surface area (Å²) >= 11 is 12.1. The van der Waals surface area contributed by atoms with E-state index in [-0.39, 0.29) is 11.8 Å². The minimum Gasteiger partial charge on any atom is -0.497 e. The molecule has 2 aromatic carbocycles. The van der Waals surface area contributed by atoms with Crippen LogP contribution in [0, 0.1) is 5.92 Å². The Kier molecular flexibility index (Phi) is 7.00. The van der Waals surface area contributed by atoms with Crippen LogP contribution in [0.1, 0.15) is 24.0 Å². The Morgan fingerprint density at radius 2 is 1.89 bits per heavy atom. The molecule has 6 heteroatoms. The summed E-state index contributed by atoms with van der Waals surface area (Å²) in [5.41, 5.74) is 2.18. The zero-order valence-electron chi connectivity index (χ0n) is 15.4. The molecule has 144 valence electrons. The maximum atomic E-state index is 12.6. The second-order valence-corrected chi connectivity index (χ2v) is 7.70. The normalized spacial score (nSPS) is 17.5. The van der Waals surface area contributed by atoms with Gasteiger partial charge in [-0.15, -0.1) is 0 Å². The van der Waals surface area contributed by atoms with Crippen molar-refractivity contribution in [3.63, 3.8) is 0 Å². The molecule has 1 heterocycles. The fraction of sp³-hybridized carbons (Fsp3) is 0.381. The predicted molar refractivity (Wildman–Crippen MR) is 109 cm³/mol. The first-order chi connectivity index (χ1) is 13.0. The van der Waals surface area contributed by atoms with Gasteiger partial charge in [-0.05, 0) is 54.8 Å². The van der Waals surface area contributed by atoms with Crippen molar-refractivity contribution in [2.45, 2.75) is 25.9 Å². The van der Waals surface area contributed by atoms with Gasteiger partial charge in [-0.1, -0.05) is 41.4 Å². The maximum Gasteiger partial charge on any atom is 0.224 e. The van der Waals surface area contributed by atoms with Crippen LogP contribution in [-0.2, 0) is 17.9 Å². The number of hydrogen-bond donors (Lipinski definition) is 1. The summed E-state index contributed by atoms with van der Waals surface area (Å²) in [6.07, 6.45) is 1.94. The van der Waals surface area contributed by atoms with E-state index in [9.17, 15) is 4.79 Å². The van der Waals surface area contributed by atoms with Crippen LogP contribution in [0.2, 0.25) is 10.0 Å². The van der Waals surface area contributed by atoms with Crippen molar-refractivity contribution in [2.24, 2.45) is 5.92 Å². The second-order valence-electron chi connectivity index (χ2n) is 6.89. The molecule has 4 nitrogen and oxygen atoms in total. The average Bonchev–Trinajstić information content (AvgIpc) is 2.69. The van der Waals surface area contributed by atoms with E-state index in [0.717, 1.165) is 49.4 Å². The average molecular weight is 407 g/mol. The highest BCUT2D eigenvalue weighted by molar-refractivity contribution is 6.42. The lowest BCUT2D eigenvalue weighted by molar-refractivity contribution is -0.126. The molecule has 0 saturated carbocycles. The maximum absolute atomic E-state index is 12.6. The summed E-state index contributed by atoms with van der Waals surface area (Å²) in [6.45, 7) is 3.06. The summed E-state index contributed by atoms with van der Waals surface area (Å²) in [7, 11) is 1.64. The van der Waals surface area contributed by atoms with Crippen LogP contribution in [-0.4, -0.2) is 31.0 Å². The van der Waals surface area contributed by atoms with Crippen molar-refractivity contribution in [1.82, 2.24) is 10.2 Å². The van der Waals surface area contributed by atoms with E-state index in [1.54, 1.807) is 7.11 Å². The fourth-order valence-electron chi connectivity index (χ4n) is 3.39. The molecule has 0 radical (unpaired) electrons. The Bertz CT molecular complexity index is 780. The number of methoxy groups -OCH3 is 1. The van der Waals surface area contributed by atoms with Crippen molar-refractivity contribution in [2.75, 3.05) is 20.2 Å². The molecule has 2 aromatic rings. The van der Waals surface area contributed by atoms with Crippen LogP contribution < -0.4 is 10.1 Å². The van der Waals surface area contributed by atoms with Crippen molar-refractivity contribution < 1.29 is 9.53 Å². The van der Waals surface area contributed by atoms with Crippen LogP contribution in [0.4, 0.5) is 0 Å². The number of benzene rings is 2. The van der Waals surface area contributed by atoms with Crippen molar-refractivity contribution in [3.8, 4) is 5.75 Å². The molecule has 1 aliphatic rings. The topological polar surface area (TPSA) is 41.6 Å². The highest BCUT2D eigenvalue weighted by atomic mass is 35.5. The number of piperidine rings is 1. The summed E-state index contributed by atoms with van der Waals surface area (Å²) < 4.78 is 5.16. The van der Waals surface area contributed by atoms with Gasteiger partial charge in [0.25, 0.3) is 0 Å². The van der Waals surface area contributed by atoms with Crippen LogP contribution in [0.5, 0.6) is 5.75 Å². The predicted octanol–water partition coefficient (Wildman–Crippen LogP) is 4.53. The van der Waals surface area contributed by atoms with Gasteiger partial charge in [-0.3, -0.25) is 9.69 Å². The van der Waals surface area contributed by atoms with E-state index in [0.29, 0.717) is 16.6 Å². The standard InChI is InChI=1S/C21H24Cl2N2O2/c1-27-18-7-4-15(5-8-18)12-24-21(26)17-3-2-10-25(14-17)13-16-6-9-19(22)20(23)11-16/h4-9,11,17H,2-3,10,12-14H2,1H3,(H,24,26). The van der Waals surface area contributed by atoms with E-state index in [1.165, 1.54) is 0 Å². The molecular weight excluding hydrogens is 383 g/mol. The van der Waals surface area contributed by atoms with Crippen molar-refractivity contribution in [3.05, 3.63) is 63.6 Å². The largest absolute Gasteiger partial charge is 0.497 e. The lowest BCUT2D eigenvalue weighted by atomic mass is 9.96. The molecule has 0 bridgehead atoms. The number of nitrogens with one attached hydrogen (secondary N) is 1. The summed E-state index contributed by atoms with van der Waals surface area (Å²) in [6, 6.07) is 13.5. The molecule has 0 aromatic heterocycles. The second kappa shape index (κ2) is 9.45. The van der Waals surface area contributed by atoms with E-state index in [4.69, 9.17) is 27.9 Å². The molecule has 1 atom stereocenters. The van der Waals surface area contributed by atoms with E-state index in [2.05, 4.69) is 10.2 Å². The number of rotatable bonds is 6. The Balaban J connectivity index is 1.51. The molecule has 1 aliphatic heterocycles. The van der Waals surface area contributed by atoms with Gasteiger partial charge in [0.05, 0.1) is 23.1 Å². The number of nitrogens with zero attached hydrogens (tertiary/aromatic N) is 1. The number of carbonyl (C=O) groups excluding carboxylic acids is 1. The first-order valence-electron chi connectivity index (χ1n) is 9.12. The molecule has 1 unspecified atom stereocenters. The van der Waals surface area contributed by atoms with Gasteiger partial charge in [0.2, 0.25) is 5.91 Å². The zero-order chi connectivity index (χ0) is 19.2. The summed E-state index contributed by atoms with van der Waals surface area (Å²) in [4.78, 5) is 14.9. The highest BCUT2D eigenvalue weighted by Crippen LogP contribution is 2.25. The van der Waals surface area contributed by atoms with Gasteiger partial charge in [-0.2, -0.15) is 0 Å². The van der Waals surface area contributed by atoms with Crippen molar-refractivity contribution in [1.29, 1.82) is 0 Å². The minimum absolute atomic E-state index is 0.0137. The molecule has 0 spiro atoms. The number of halogens is 2. The van der Waals surface area contributed by atoms with E-state index < -0.39 is 0 Å². The number of carbonyl (C=O) groups is 1. The molecule has 27 heavy (non-hydrogen) atoms. The number of ether oxygens (including phenoxy) is 1. The Hall–Kier alpha value is -1.75. The lowest BCUT2D eigenvalue weighted by Gasteiger charge is -2.32. The van der Waals surface area contributed by atoms with Gasteiger partial charge in [0.1, 0.15) is 5.75 Å². The summed E-state index contributed by atoms with van der Waals surface area (Å²) in [5, 5.41) is 4.20. The third-order valence-corrected chi connectivity index (χ3v) is 5.63. The van der Waals surface area contributed by atoms with E-state index >= 15 is 0 Å². The van der Waals surface area contributed by atoms with Crippen LogP contribution >= 0.6 is 23.2 Å². The first-order valence-corrected chi connectivity index (χ1v) is 9.87. The van der Waals surface area contributed by atoms with Gasteiger partial charge in [-0.25, -0.2) is 0 Å². The van der Waals surface area contributed by atoms with Gasteiger partial charge >= 0.3 is 0 Å². The van der Waals surface area contributed by atoms with E-state index in [1.807, 2.05) is 42.5 Å². The molecule has 1 fully saturated rings. The van der Waals surface area contributed by atoms with Crippen LogP contribution in [0.3, 0.4) is 0 Å². The highest BCUT2D eigenvalue weighted by Gasteiger charge is 2.25. The zero-order valence-corrected chi connectivity index (χ0v) is 16.9. The lowest BCUT2D eigenvalue weighted by Crippen LogP contribution is -2.42. The third kappa shape index (κ3) is 5.61. The van der Waals surface area contributed by atoms with Crippen LogP contribution in [0.15, 0.2) is 42.5 Å². The third-order valence-electron chi connectivity index (χ3n) is 4.89. The molecule has 1 saturated heterocycles. The molecule has 3 rings (SSSR count). The fourth-order valence-corrected chi connectivity index (χ4v) is 3.71. The van der Waals surface area contributed by atoms with Crippen LogP contribution in [0.25, 0.3) is 0 Å². The molecule has 1 amide bonds. The van der Waals surface area contributed by atoms with Gasteiger partial charge < -0.3 is 10.1 Å². The molecule has 0 aliphatic carbocycles. The number of amides is 1. The Morgan fingerprint density at radius 1 is 1.15 bits per heavy atom. The SMILES string of the molecule is COc1ccc(CNC(=O)C2CCCN(Cc3ccc(Cl)c(Cl)c3)C2)cc1. The van der Waals surface area contributed by atoms with Gasteiger partial charge in [0, 0.05) is 19.6 Å². The smallest absolute Gasteiger partial charge is 0.224 e. The molecular formula is C21H24Cl2N2O2. The number of likely N-dealkylation sites (tertiary alicyclic amines) is 1. The summed E-state index contributed by atoms with van der Waals surface area (Å²) in [5.74, 6) is 0.944. The first kappa shape index (κ1) is 20.0. The quantitative estimate of drug-likeness (QED) is 0.765. The molecule has 1 N–H and O–H groups in total. The Labute approximate surface area is 170 Å².